The lowest BCUT2D eigenvalue weighted by molar-refractivity contribution is -0.420. The van der Waals surface area contributed by atoms with Crippen molar-refractivity contribution in [3.63, 3.8) is 0 Å². The van der Waals surface area contributed by atoms with Gasteiger partial charge >= 0.3 is 5.70 Å². The van der Waals surface area contributed by atoms with E-state index in [0.717, 1.165) is 6.20 Å². The van der Waals surface area contributed by atoms with Gasteiger partial charge in [0.1, 0.15) is 10.9 Å². The molecule has 2 N–H and O–H groups in total. The van der Waals surface area contributed by atoms with Gasteiger partial charge in [-0.05, 0) is 12.1 Å². The lowest BCUT2D eigenvalue weighted by Crippen LogP contribution is -2.19. The van der Waals surface area contributed by atoms with Crippen LogP contribution in [0.3, 0.4) is 0 Å². The highest BCUT2D eigenvalue weighted by atomic mass is 35.5. The smallest absolute Gasteiger partial charge is 0.303 e. The molecule has 0 aromatic heterocycles. The van der Waals surface area contributed by atoms with Crippen LogP contribution in [0.4, 0.5) is 4.39 Å². The standard InChI is InChI=1S/C13H11ClFN3O3S/c14-13(12(6-16)18(19)20)10-7-17(8-11(10)15)22(21)9-4-2-1-3-5-9/h1-6,8H,7,16H2/b12-6+,13-10-. The highest BCUT2D eigenvalue weighted by molar-refractivity contribution is 7.82. The van der Waals surface area contributed by atoms with Crippen molar-refractivity contribution in [3.05, 3.63) is 75.0 Å². The van der Waals surface area contributed by atoms with E-state index in [2.05, 4.69) is 0 Å². The quantitative estimate of drug-likeness (QED) is 0.671. The van der Waals surface area contributed by atoms with Crippen LogP contribution >= 0.6 is 11.6 Å². The molecule has 0 amide bonds. The van der Waals surface area contributed by atoms with Crippen molar-refractivity contribution in [2.24, 2.45) is 5.73 Å². The van der Waals surface area contributed by atoms with Gasteiger partial charge in [0, 0.05) is 11.8 Å². The van der Waals surface area contributed by atoms with E-state index in [1.54, 1.807) is 30.3 Å². The predicted molar refractivity (Wildman–Crippen MR) is 80.9 cm³/mol. The molecule has 0 radical (unpaired) electrons. The SMILES string of the molecule is N/C=C(\C(Cl)=C1/CN(S(=O)c2ccccc2)C=C1F)[N+](=O)[O-]. The van der Waals surface area contributed by atoms with Crippen LogP contribution in [0.5, 0.6) is 0 Å². The molecule has 0 fully saturated rings. The molecule has 1 unspecified atom stereocenters. The van der Waals surface area contributed by atoms with Gasteiger partial charge in [0.15, 0.2) is 11.0 Å². The molecule has 22 heavy (non-hydrogen) atoms. The van der Waals surface area contributed by atoms with Crippen LogP contribution < -0.4 is 5.73 Å². The Hall–Kier alpha value is -2.19. The number of nitrogens with zero attached hydrogens (tertiary/aromatic N) is 2. The van der Waals surface area contributed by atoms with Crippen molar-refractivity contribution < 1.29 is 13.5 Å². The molecule has 1 aromatic rings. The van der Waals surface area contributed by atoms with Gasteiger partial charge in [-0.15, -0.1) is 0 Å². The van der Waals surface area contributed by atoms with Gasteiger partial charge in [-0.25, -0.2) is 8.60 Å². The normalized spacial score (nSPS) is 18.9. The Balaban J connectivity index is 2.30. The third kappa shape index (κ3) is 3.18. The third-order valence-electron chi connectivity index (χ3n) is 2.86. The first-order valence-corrected chi connectivity index (χ1v) is 7.50. The number of nitrogens with two attached hydrogens (primary N) is 1. The van der Waals surface area contributed by atoms with Gasteiger partial charge in [0.25, 0.3) is 0 Å². The van der Waals surface area contributed by atoms with Crippen LogP contribution in [0.15, 0.2) is 69.8 Å². The van der Waals surface area contributed by atoms with E-state index in [4.69, 9.17) is 17.3 Å². The third-order valence-corrected chi connectivity index (χ3v) is 4.62. The average Bonchev–Trinajstić information content (AvgIpc) is 2.89. The number of halogens is 2. The van der Waals surface area contributed by atoms with Crippen molar-refractivity contribution in [2.75, 3.05) is 6.54 Å². The van der Waals surface area contributed by atoms with Crippen molar-refractivity contribution in [3.8, 4) is 0 Å². The van der Waals surface area contributed by atoms with E-state index >= 15 is 0 Å². The Labute approximate surface area is 133 Å². The fraction of sp³-hybridized carbons (Fsp3) is 0.0769. The van der Waals surface area contributed by atoms with Crippen LogP contribution in [0.25, 0.3) is 0 Å². The van der Waals surface area contributed by atoms with Gasteiger partial charge in [-0.2, -0.15) is 0 Å². The highest BCUT2D eigenvalue weighted by Gasteiger charge is 2.29. The zero-order chi connectivity index (χ0) is 16.3. The van der Waals surface area contributed by atoms with E-state index in [9.17, 15) is 18.7 Å². The molecule has 2 rings (SSSR count). The van der Waals surface area contributed by atoms with Crippen LogP contribution in [0.2, 0.25) is 0 Å². The van der Waals surface area contributed by atoms with E-state index < -0.39 is 32.5 Å². The minimum Gasteiger partial charge on any atom is -0.399 e. The first-order chi connectivity index (χ1) is 10.5. The Morgan fingerprint density at radius 2 is 2.09 bits per heavy atom. The van der Waals surface area contributed by atoms with Crippen LogP contribution in [0.1, 0.15) is 0 Å². The topological polar surface area (TPSA) is 89.5 Å². The number of rotatable bonds is 4. The first-order valence-electron chi connectivity index (χ1n) is 6.02. The molecule has 1 aromatic carbocycles. The summed E-state index contributed by atoms with van der Waals surface area (Å²) in [4.78, 5) is 10.5. The maximum absolute atomic E-state index is 14.0. The van der Waals surface area contributed by atoms with Crippen molar-refractivity contribution in [1.29, 1.82) is 0 Å². The van der Waals surface area contributed by atoms with Crippen molar-refractivity contribution in [2.45, 2.75) is 4.90 Å². The molecule has 1 aliphatic heterocycles. The lowest BCUT2D eigenvalue weighted by Gasteiger charge is -2.14. The molecule has 0 saturated carbocycles. The first kappa shape index (κ1) is 16.2. The van der Waals surface area contributed by atoms with E-state index in [1.165, 1.54) is 4.31 Å². The summed E-state index contributed by atoms with van der Waals surface area (Å²) in [6, 6.07) is 8.43. The second-order valence-corrected chi connectivity index (χ2v) is 6.03. The van der Waals surface area contributed by atoms with Gasteiger partial charge in [0.2, 0.25) is 0 Å². The highest BCUT2D eigenvalue weighted by Crippen LogP contribution is 2.32. The molecule has 6 nitrogen and oxygen atoms in total. The summed E-state index contributed by atoms with van der Waals surface area (Å²) in [5.74, 6) is -0.782. The van der Waals surface area contributed by atoms with E-state index in [0.29, 0.717) is 11.1 Å². The summed E-state index contributed by atoms with van der Waals surface area (Å²) in [6.45, 7) is -0.155. The summed E-state index contributed by atoms with van der Waals surface area (Å²) < 4.78 is 27.5. The van der Waals surface area contributed by atoms with Crippen molar-refractivity contribution in [1.82, 2.24) is 4.31 Å². The van der Waals surface area contributed by atoms with Gasteiger partial charge in [-0.1, -0.05) is 29.8 Å². The van der Waals surface area contributed by atoms with Crippen molar-refractivity contribution >= 4 is 22.6 Å². The Morgan fingerprint density at radius 3 is 2.64 bits per heavy atom. The number of hydrogen-bond acceptors (Lipinski definition) is 4. The molecule has 0 bridgehead atoms. The zero-order valence-corrected chi connectivity index (χ0v) is 12.7. The molecule has 1 aliphatic rings. The lowest BCUT2D eigenvalue weighted by atomic mass is 10.2. The minimum atomic E-state index is -1.64. The minimum absolute atomic E-state index is 0.126. The summed E-state index contributed by atoms with van der Waals surface area (Å²) >= 11 is 5.84. The molecule has 1 atom stereocenters. The second-order valence-electron chi connectivity index (χ2n) is 4.22. The molecule has 0 aliphatic carbocycles. The maximum atomic E-state index is 14.0. The number of allylic oxidation sites excluding steroid dienone is 1. The van der Waals surface area contributed by atoms with E-state index in [1.807, 2.05) is 0 Å². The molecular formula is C13H11ClFN3O3S. The number of hydrogen-bond donors (Lipinski definition) is 1. The Bertz CT molecular complexity index is 719. The van der Waals surface area contributed by atoms with E-state index in [-0.39, 0.29) is 12.1 Å². The molecule has 9 heteroatoms. The van der Waals surface area contributed by atoms with Gasteiger partial charge in [-0.3, -0.25) is 14.4 Å². The molecule has 1 heterocycles. The average molecular weight is 344 g/mol. The molecule has 0 saturated heterocycles. The molecule has 116 valence electrons. The van der Waals surface area contributed by atoms with Crippen LogP contribution in [-0.4, -0.2) is 20.0 Å². The number of benzene rings is 1. The van der Waals surface area contributed by atoms with Crippen LogP contribution in [0, 0.1) is 10.1 Å². The second kappa shape index (κ2) is 6.71. The maximum Gasteiger partial charge on any atom is 0.303 e. The molecule has 0 spiro atoms. The number of nitro groups is 1. The fourth-order valence-corrected chi connectivity index (χ4v) is 3.18. The molecular weight excluding hydrogens is 333 g/mol. The monoisotopic (exact) mass is 343 g/mol. The van der Waals surface area contributed by atoms with Crippen LogP contribution in [-0.2, 0) is 11.0 Å². The summed E-state index contributed by atoms with van der Waals surface area (Å²) in [5.41, 5.74) is 4.41. The summed E-state index contributed by atoms with van der Waals surface area (Å²) in [7, 11) is -1.64. The zero-order valence-electron chi connectivity index (χ0n) is 11.1. The predicted octanol–water partition coefficient (Wildman–Crippen LogP) is 2.41. The summed E-state index contributed by atoms with van der Waals surface area (Å²) in [6.07, 6.45) is 1.70. The van der Waals surface area contributed by atoms with Gasteiger partial charge < -0.3 is 5.73 Å². The Kier molecular flexibility index (Phi) is 4.94. The fourth-order valence-electron chi connectivity index (χ4n) is 1.80. The van der Waals surface area contributed by atoms with Gasteiger partial charge in [0.05, 0.1) is 22.6 Å². The summed E-state index contributed by atoms with van der Waals surface area (Å²) in [5, 5.41) is 10.4. The largest absolute Gasteiger partial charge is 0.399 e. The Morgan fingerprint density at radius 1 is 1.45 bits per heavy atom.